The van der Waals surface area contributed by atoms with Crippen molar-refractivity contribution in [2.24, 2.45) is 0 Å². The second-order valence-electron chi connectivity index (χ2n) is 6.64. The molecule has 0 radical (unpaired) electrons. The zero-order valence-electron chi connectivity index (χ0n) is 14.7. The third kappa shape index (κ3) is 3.92. The van der Waals surface area contributed by atoms with Gasteiger partial charge >= 0.3 is 0 Å². The Hall–Kier alpha value is -2.70. The maximum Gasteiger partial charge on any atom is 0.262 e. The van der Waals surface area contributed by atoms with Gasteiger partial charge in [0.25, 0.3) is 11.8 Å². The van der Waals surface area contributed by atoms with Crippen LogP contribution in [0, 0.1) is 0 Å². The largest absolute Gasteiger partial charge is 0.354 e. The number of imide groups is 1. The number of carbonyl (C=O) groups excluding carboxylic acids is 4. The number of amides is 4. The smallest absolute Gasteiger partial charge is 0.262 e. The standard InChI is InChI=1S/C19H23N3O4/c23-16(20-10-6-12-21-11-5-1-2-9-17(21)24)13-22-18(25)14-7-3-4-8-15(14)19(22)26/h3-4,7-8H,1-2,5-6,9-13H2,(H,20,23). The molecular weight excluding hydrogens is 334 g/mol. The molecule has 1 N–H and O–H groups in total. The molecule has 0 aliphatic carbocycles. The highest BCUT2D eigenvalue weighted by Gasteiger charge is 2.36. The Labute approximate surface area is 152 Å². The van der Waals surface area contributed by atoms with Crippen molar-refractivity contribution in [1.29, 1.82) is 0 Å². The lowest BCUT2D eigenvalue weighted by atomic mass is 10.1. The van der Waals surface area contributed by atoms with Crippen LogP contribution in [0.2, 0.25) is 0 Å². The number of nitrogens with one attached hydrogen (secondary N) is 1. The molecule has 1 fully saturated rings. The van der Waals surface area contributed by atoms with Gasteiger partial charge in [0.05, 0.1) is 11.1 Å². The molecule has 7 heteroatoms. The Morgan fingerprint density at radius 2 is 1.69 bits per heavy atom. The molecule has 1 saturated heterocycles. The Kier molecular flexibility index (Phi) is 5.65. The fourth-order valence-electron chi connectivity index (χ4n) is 3.35. The van der Waals surface area contributed by atoms with Gasteiger partial charge in [-0.1, -0.05) is 18.6 Å². The van der Waals surface area contributed by atoms with E-state index in [1.807, 2.05) is 4.90 Å². The minimum Gasteiger partial charge on any atom is -0.354 e. The number of nitrogens with zero attached hydrogens (tertiary/aromatic N) is 2. The second kappa shape index (κ2) is 8.12. The fraction of sp³-hybridized carbons (Fsp3) is 0.474. The van der Waals surface area contributed by atoms with Crippen LogP contribution in [0.15, 0.2) is 24.3 Å². The van der Waals surface area contributed by atoms with Crippen molar-refractivity contribution in [3.8, 4) is 0 Å². The molecule has 0 saturated carbocycles. The van der Waals surface area contributed by atoms with Crippen LogP contribution in [-0.4, -0.2) is 59.6 Å². The van der Waals surface area contributed by atoms with E-state index in [2.05, 4.69) is 5.32 Å². The van der Waals surface area contributed by atoms with Gasteiger partial charge in [-0.3, -0.25) is 24.1 Å². The Morgan fingerprint density at radius 3 is 2.38 bits per heavy atom. The van der Waals surface area contributed by atoms with Crippen LogP contribution in [0.3, 0.4) is 0 Å². The average molecular weight is 357 g/mol. The summed E-state index contributed by atoms with van der Waals surface area (Å²) < 4.78 is 0. The van der Waals surface area contributed by atoms with Gasteiger partial charge in [0.2, 0.25) is 11.8 Å². The zero-order valence-corrected chi connectivity index (χ0v) is 14.7. The quantitative estimate of drug-likeness (QED) is 0.612. The van der Waals surface area contributed by atoms with Crippen molar-refractivity contribution >= 4 is 23.6 Å². The first-order valence-electron chi connectivity index (χ1n) is 9.07. The van der Waals surface area contributed by atoms with Gasteiger partial charge in [-0.2, -0.15) is 0 Å². The highest BCUT2D eigenvalue weighted by atomic mass is 16.2. The summed E-state index contributed by atoms with van der Waals surface area (Å²) in [4.78, 5) is 51.3. The number of carbonyl (C=O) groups is 4. The first-order valence-corrected chi connectivity index (χ1v) is 9.07. The summed E-state index contributed by atoms with van der Waals surface area (Å²) in [5.41, 5.74) is 0.676. The van der Waals surface area contributed by atoms with Crippen molar-refractivity contribution in [3.05, 3.63) is 35.4 Å². The molecule has 26 heavy (non-hydrogen) atoms. The van der Waals surface area contributed by atoms with E-state index < -0.39 is 11.8 Å². The van der Waals surface area contributed by atoms with Gasteiger partial charge in [0, 0.05) is 26.1 Å². The van der Waals surface area contributed by atoms with E-state index in [4.69, 9.17) is 0 Å². The normalized spacial score (nSPS) is 17.3. The van der Waals surface area contributed by atoms with Gasteiger partial charge in [0.1, 0.15) is 6.54 Å². The molecular formula is C19H23N3O4. The predicted molar refractivity (Wildman–Crippen MR) is 94.5 cm³/mol. The summed E-state index contributed by atoms with van der Waals surface area (Å²) in [7, 11) is 0. The Morgan fingerprint density at radius 1 is 1.00 bits per heavy atom. The molecule has 1 aromatic carbocycles. The van der Waals surface area contributed by atoms with Crippen molar-refractivity contribution in [3.63, 3.8) is 0 Å². The summed E-state index contributed by atoms with van der Waals surface area (Å²) in [5, 5.41) is 2.72. The highest BCUT2D eigenvalue weighted by molar-refractivity contribution is 6.22. The SMILES string of the molecule is O=C(CN1C(=O)c2ccccc2C1=O)NCCCN1CCCCCC1=O. The van der Waals surface area contributed by atoms with Gasteiger partial charge < -0.3 is 10.2 Å². The topological polar surface area (TPSA) is 86.8 Å². The van der Waals surface area contributed by atoms with Crippen LogP contribution in [-0.2, 0) is 9.59 Å². The first-order chi connectivity index (χ1) is 12.6. The van der Waals surface area contributed by atoms with Crippen LogP contribution >= 0.6 is 0 Å². The van der Waals surface area contributed by atoms with Crippen molar-refractivity contribution in [1.82, 2.24) is 15.1 Å². The minimum atomic E-state index is -0.434. The maximum absolute atomic E-state index is 12.2. The maximum atomic E-state index is 12.2. The van der Waals surface area contributed by atoms with E-state index in [0.29, 0.717) is 37.1 Å². The van der Waals surface area contributed by atoms with E-state index in [9.17, 15) is 19.2 Å². The third-order valence-electron chi connectivity index (χ3n) is 4.78. The van der Waals surface area contributed by atoms with E-state index in [0.717, 1.165) is 30.7 Å². The molecule has 4 amide bonds. The lowest BCUT2D eigenvalue weighted by Crippen LogP contribution is -2.41. The second-order valence-corrected chi connectivity index (χ2v) is 6.64. The van der Waals surface area contributed by atoms with Crippen LogP contribution in [0.5, 0.6) is 0 Å². The fourth-order valence-corrected chi connectivity index (χ4v) is 3.35. The molecule has 2 heterocycles. The Bertz CT molecular complexity index is 696. The number of rotatable bonds is 6. The first kappa shape index (κ1) is 18.1. The van der Waals surface area contributed by atoms with Crippen LogP contribution in [0.25, 0.3) is 0 Å². The van der Waals surface area contributed by atoms with E-state index in [1.165, 1.54) is 0 Å². The summed E-state index contributed by atoms with van der Waals surface area (Å²) in [5.74, 6) is -1.06. The molecule has 0 unspecified atom stereocenters. The van der Waals surface area contributed by atoms with E-state index >= 15 is 0 Å². The molecule has 1 aromatic rings. The average Bonchev–Trinajstić information content (AvgIpc) is 2.78. The van der Waals surface area contributed by atoms with Gasteiger partial charge in [-0.15, -0.1) is 0 Å². The summed E-state index contributed by atoms with van der Waals surface area (Å²) >= 11 is 0. The van der Waals surface area contributed by atoms with Crippen molar-refractivity contribution in [2.45, 2.75) is 32.1 Å². The number of fused-ring (bicyclic) bond motifs is 1. The number of likely N-dealkylation sites (tertiary alicyclic amines) is 1. The van der Waals surface area contributed by atoms with Crippen molar-refractivity contribution in [2.75, 3.05) is 26.2 Å². The lowest BCUT2D eigenvalue weighted by molar-refractivity contribution is -0.130. The molecule has 0 atom stereocenters. The summed E-state index contributed by atoms with van der Waals surface area (Å²) in [6.45, 7) is 1.52. The minimum absolute atomic E-state index is 0.180. The van der Waals surface area contributed by atoms with Gasteiger partial charge in [-0.25, -0.2) is 0 Å². The highest BCUT2D eigenvalue weighted by Crippen LogP contribution is 2.21. The van der Waals surface area contributed by atoms with Crippen LogP contribution in [0.4, 0.5) is 0 Å². The summed E-state index contributed by atoms with van der Waals surface area (Å²) in [6, 6.07) is 6.56. The molecule has 0 aromatic heterocycles. The zero-order chi connectivity index (χ0) is 18.5. The van der Waals surface area contributed by atoms with Gasteiger partial charge in [0.15, 0.2) is 0 Å². The lowest BCUT2D eigenvalue weighted by Gasteiger charge is -2.20. The molecule has 2 aliphatic heterocycles. The molecule has 0 spiro atoms. The third-order valence-corrected chi connectivity index (χ3v) is 4.78. The van der Waals surface area contributed by atoms with E-state index in [-0.39, 0.29) is 18.4 Å². The Balaban J connectivity index is 1.43. The summed E-state index contributed by atoms with van der Waals surface area (Å²) in [6.07, 6.45) is 4.31. The van der Waals surface area contributed by atoms with Crippen LogP contribution in [0.1, 0.15) is 52.8 Å². The number of hydrogen-bond acceptors (Lipinski definition) is 4. The molecule has 138 valence electrons. The predicted octanol–water partition coefficient (Wildman–Crippen LogP) is 1.19. The molecule has 3 rings (SSSR count). The van der Waals surface area contributed by atoms with Gasteiger partial charge in [-0.05, 0) is 31.4 Å². The monoisotopic (exact) mass is 357 g/mol. The number of hydrogen-bond donors (Lipinski definition) is 1. The van der Waals surface area contributed by atoms with Crippen molar-refractivity contribution < 1.29 is 19.2 Å². The molecule has 0 bridgehead atoms. The molecule has 7 nitrogen and oxygen atoms in total. The molecule has 2 aliphatic rings. The van der Waals surface area contributed by atoms with E-state index in [1.54, 1.807) is 24.3 Å². The number of benzene rings is 1. The van der Waals surface area contributed by atoms with Crippen LogP contribution < -0.4 is 5.32 Å².